The predicted molar refractivity (Wildman–Crippen MR) is 78.2 cm³/mol. The van der Waals surface area contributed by atoms with E-state index >= 15 is 0 Å². The second-order valence-electron chi connectivity index (χ2n) is 6.46. The zero-order valence-corrected chi connectivity index (χ0v) is 12.8. The van der Waals surface area contributed by atoms with E-state index in [2.05, 4.69) is 56.7 Å². The van der Waals surface area contributed by atoms with E-state index in [1.54, 1.807) is 11.3 Å². The lowest BCUT2D eigenvalue weighted by molar-refractivity contribution is 0.233. The van der Waals surface area contributed by atoms with Gasteiger partial charge in [0.2, 0.25) is 0 Å². The van der Waals surface area contributed by atoms with Crippen LogP contribution in [0.3, 0.4) is 0 Å². The molecule has 0 aliphatic heterocycles. The van der Waals surface area contributed by atoms with Crippen LogP contribution in [0.1, 0.15) is 39.5 Å². The molecule has 0 saturated heterocycles. The van der Waals surface area contributed by atoms with Gasteiger partial charge in [-0.05, 0) is 16.9 Å². The monoisotopic (exact) mass is 268 g/mol. The molecule has 102 valence electrons. The van der Waals surface area contributed by atoms with Gasteiger partial charge < -0.3 is 10.6 Å². The minimum atomic E-state index is -0.0884. The number of nitrogens with one attached hydrogen (secondary N) is 2. The van der Waals surface area contributed by atoms with Crippen molar-refractivity contribution in [3.63, 3.8) is 0 Å². The molecule has 0 atom stereocenters. The second-order valence-corrected chi connectivity index (χ2v) is 7.41. The molecule has 2 amide bonds. The van der Waals surface area contributed by atoms with Gasteiger partial charge in [0.25, 0.3) is 0 Å². The summed E-state index contributed by atoms with van der Waals surface area (Å²) < 4.78 is 0. The molecule has 0 spiro atoms. The zero-order valence-electron chi connectivity index (χ0n) is 12.0. The van der Waals surface area contributed by atoms with Crippen molar-refractivity contribution >= 4 is 17.4 Å². The fourth-order valence-corrected chi connectivity index (χ4v) is 2.31. The molecule has 18 heavy (non-hydrogen) atoms. The summed E-state index contributed by atoms with van der Waals surface area (Å²) in [6, 6.07) is 4.07. The van der Waals surface area contributed by atoms with Gasteiger partial charge in [-0.1, -0.05) is 40.7 Å². The Morgan fingerprint density at radius 1 is 1.17 bits per heavy atom. The number of carbonyl (C=O) groups excluding carboxylic acids is 1. The predicted octanol–water partition coefficient (Wildman–Crippen LogP) is 3.37. The van der Waals surface area contributed by atoms with Crippen LogP contribution < -0.4 is 10.6 Å². The highest BCUT2D eigenvalue weighted by molar-refractivity contribution is 7.10. The van der Waals surface area contributed by atoms with Gasteiger partial charge >= 0.3 is 6.03 Å². The van der Waals surface area contributed by atoms with E-state index in [-0.39, 0.29) is 16.9 Å². The Bertz CT molecular complexity index is 377. The van der Waals surface area contributed by atoms with Gasteiger partial charge in [0.15, 0.2) is 0 Å². The highest BCUT2D eigenvalue weighted by Gasteiger charge is 2.22. The summed E-state index contributed by atoms with van der Waals surface area (Å²) >= 11 is 1.73. The topological polar surface area (TPSA) is 41.1 Å². The standard InChI is InChI=1S/C14H24N2OS/c1-13(2,3)9-15-12(17)16-10-14(4,5)11-7-6-8-18-11/h6-8H,9-10H2,1-5H3,(H2,15,16,17). The average Bonchev–Trinajstić information content (AvgIpc) is 2.76. The number of carbonyl (C=O) groups is 1. The Morgan fingerprint density at radius 3 is 2.28 bits per heavy atom. The second kappa shape index (κ2) is 5.74. The van der Waals surface area contributed by atoms with Crippen molar-refractivity contribution in [1.82, 2.24) is 10.6 Å². The SMILES string of the molecule is CC(C)(C)CNC(=O)NCC(C)(C)c1cccs1. The van der Waals surface area contributed by atoms with Gasteiger partial charge in [-0.25, -0.2) is 4.79 Å². The molecule has 1 heterocycles. The molecule has 4 heteroatoms. The van der Waals surface area contributed by atoms with E-state index in [9.17, 15) is 4.79 Å². The molecule has 2 N–H and O–H groups in total. The van der Waals surface area contributed by atoms with Gasteiger partial charge in [0.1, 0.15) is 0 Å². The molecule has 1 rings (SSSR count). The molecule has 1 aromatic rings. The molecule has 0 unspecified atom stereocenters. The summed E-state index contributed by atoms with van der Waals surface area (Å²) in [7, 11) is 0. The van der Waals surface area contributed by atoms with Crippen LogP contribution in [-0.2, 0) is 5.41 Å². The van der Waals surface area contributed by atoms with E-state index in [4.69, 9.17) is 0 Å². The summed E-state index contributed by atoms with van der Waals surface area (Å²) in [5.74, 6) is 0. The van der Waals surface area contributed by atoms with E-state index in [1.807, 2.05) is 6.07 Å². The Morgan fingerprint density at radius 2 is 1.78 bits per heavy atom. The minimum Gasteiger partial charge on any atom is -0.338 e. The maximum absolute atomic E-state index is 11.7. The Kier molecular flexibility index (Phi) is 4.79. The maximum atomic E-state index is 11.7. The molecule has 0 fully saturated rings. The van der Waals surface area contributed by atoms with E-state index in [1.165, 1.54) is 4.88 Å². The van der Waals surface area contributed by atoms with Crippen LogP contribution >= 0.6 is 11.3 Å². The fourth-order valence-electron chi connectivity index (χ4n) is 1.46. The van der Waals surface area contributed by atoms with Crippen LogP contribution in [0.25, 0.3) is 0 Å². The minimum absolute atomic E-state index is 0.0206. The van der Waals surface area contributed by atoms with Crippen molar-refractivity contribution in [2.75, 3.05) is 13.1 Å². The third-order valence-corrected chi connectivity index (χ3v) is 3.89. The molecule has 0 aliphatic rings. The Balaban J connectivity index is 2.39. The third kappa shape index (κ3) is 5.08. The van der Waals surface area contributed by atoms with Crippen molar-refractivity contribution in [3.8, 4) is 0 Å². The van der Waals surface area contributed by atoms with Crippen molar-refractivity contribution in [2.24, 2.45) is 5.41 Å². The largest absolute Gasteiger partial charge is 0.338 e. The maximum Gasteiger partial charge on any atom is 0.314 e. The number of hydrogen-bond donors (Lipinski definition) is 2. The number of amides is 2. The molecule has 0 bridgehead atoms. The highest BCUT2D eigenvalue weighted by atomic mass is 32.1. The van der Waals surface area contributed by atoms with Crippen LogP contribution in [0, 0.1) is 5.41 Å². The zero-order chi connectivity index (χ0) is 13.8. The number of rotatable bonds is 4. The van der Waals surface area contributed by atoms with E-state index in [0.717, 1.165) is 0 Å². The Hall–Kier alpha value is -1.03. The number of urea groups is 1. The van der Waals surface area contributed by atoms with Crippen LogP contribution in [0.4, 0.5) is 4.79 Å². The third-order valence-electron chi connectivity index (χ3n) is 2.66. The summed E-state index contributed by atoms with van der Waals surface area (Å²) in [5.41, 5.74) is 0.0911. The van der Waals surface area contributed by atoms with Crippen molar-refractivity contribution in [1.29, 1.82) is 0 Å². The van der Waals surface area contributed by atoms with Crippen molar-refractivity contribution in [3.05, 3.63) is 22.4 Å². The smallest absolute Gasteiger partial charge is 0.314 e. The fraction of sp³-hybridized carbons (Fsp3) is 0.643. The molecule has 3 nitrogen and oxygen atoms in total. The molecule has 0 aromatic carbocycles. The van der Waals surface area contributed by atoms with Crippen LogP contribution in [0.15, 0.2) is 17.5 Å². The van der Waals surface area contributed by atoms with Crippen molar-refractivity contribution in [2.45, 2.75) is 40.0 Å². The van der Waals surface area contributed by atoms with Crippen molar-refractivity contribution < 1.29 is 4.79 Å². The molecule has 1 aromatic heterocycles. The van der Waals surface area contributed by atoms with E-state index < -0.39 is 0 Å². The van der Waals surface area contributed by atoms with Gasteiger partial charge in [0.05, 0.1) is 0 Å². The molecule has 0 aliphatic carbocycles. The first-order valence-corrected chi connectivity index (χ1v) is 7.14. The molecule has 0 saturated carbocycles. The van der Waals surface area contributed by atoms with Gasteiger partial charge in [-0.3, -0.25) is 0 Å². The lowest BCUT2D eigenvalue weighted by Crippen LogP contribution is -2.44. The Labute approximate surface area is 114 Å². The molecular weight excluding hydrogens is 244 g/mol. The van der Waals surface area contributed by atoms with Gasteiger partial charge in [-0.2, -0.15) is 0 Å². The van der Waals surface area contributed by atoms with Crippen LogP contribution in [0.2, 0.25) is 0 Å². The summed E-state index contributed by atoms with van der Waals surface area (Å²) in [6.45, 7) is 11.9. The molecular formula is C14H24N2OS. The van der Waals surface area contributed by atoms with Gasteiger partial charge in [0, 0.05) is 23.4 Å². The summed E-state index contributed by atoms with van der Waals surface area (Å²) in [6.07, 6.45) is 0. The average molecular weight is 268 g/mol. The van der Waals surface area contributed by atoms with Gasteiger partial charge in [-0.15, -0.1) is 11.3 Å². The first-order valence-electron chi connectivity index (χ1n) is 6.26. The summed E-state index contributed by atoms with van der Waals surface area (Å²) in [4.78, 5) is 13.0. The van der Waals surface area contributed by atoms with Crippen LogP contribution in [0.5, 0.6) is 0 Å². The number of hydrogen-bond acceptors (Lipinski definition) is 2. The number of thiophene rings is 1. The first kappa shape index (κ1) is 15.0. The first-order chi connectivity index (χ1) is 8.21. The summed E-state index contributed by atoms with van der Waals surface area (Å²) in [5, 5.41) is 7.90. The molecule has 0 radical (unpaired) electrons. The lowest BCUT2D eigenvalue weighted by Gasteiger charge is -2.25. The van der Waals surface area contributed by atoms with Crippen LogP contribution in [-0.4, -0.2) is 19.1 Å². The highest BCUT2D eigenvalue weighted by Crippen LogP contribution is 2.26. The normalized spacial score (nSPS) is 12.3. The lowest BCUT2D eigenvalue weighted by atomic mass is 9.91. The van der Waals surface area contributed by atoms with E-state index in [0.29, 0.717) is 13.1 Å². The quantitative estimate of drug-likeness (QED) is 0.863.